The third kappa shape index (κ3) is 2.39. The molecule has 1 aliphatic heterocycles. The number of hydrogen-bond acceptors (Lipinski definition) is 4. The average Bonchev–Trinajstić information content (AvgIpc) is 2.90. The smallest absolute Gasteiger partial charge is 0.457 e. The van der Waals surface area contributed by atoms with E-state index in [0.717, 1.165) is 16.8 Å². The Morgan fingerprint density at radius 1 is 1.15 bits per heavy atom. The van der Waals surface area contributed by atoms with Gasteiger partial charge in [0.2, 0.25) is 0 Å². The van der Waals surface area contributed by atoms with Crippen LogP contribution in [0.1, 0.15) is 11.1 Å². The Hall–Kier alpha value is -2.29. The van der Waals surface area contributed by atoms with Gasteiger partial charge in [-0.05, 0) is 47.4 Å². The average molecular weight is 265 g/mol. The fourth-order valence-corrected chi connectivity index (χ4v) is 2.18. The van der Waals surface area contributed by atoms with Crippen LogP contribution in [0, 0.1) is 11.3 Å². The summed E-state index contributed by atoms with van der Waals surface area (Å²) in [5.41, 5.74) is 2.73. The van der Waals surface area contributed by atoms with Crippen LogP contribution in [0.5, 0.6) is 11.5 Å². The Labute approximate surface area is 117 Å². The summed E-state index contributed by atoms with van der Waals surface area (Å²) in [6.45, 7) is 0.526. The second-order valence-corrected chi connectivity index (χ2v) is 4.48. The van der Waals surface area contributed by atoms with Crippen molar-refractivity contribution in [3.63, 3.8) is 0 Å². The predicted molar refractivity (Wildman–Crippen MR) is 74.9 cm³/mol. The quantitative estimate of drug-likeness (QED) is 0.798. The molecule has 3 rings (SSSR count). The van der Waals surface area contributed by atoms with E-state index in [-0.39, 0.29) is 7.12 Å². The van der Waals surface area contributed by atoms with Crippen molar-refractivity contribution in [3.05, 3.63) is 53.6 Å². The summed E-state index contributed by atoms with van der Waals surface area (Å²) in [6, 6.07) is 14.9. The van der Waals surface area contributed by atoms with E-state index >= 15 is 0 Å². The number of rotatable bonds is 3. The van der Waals surface area contributed by atoms with Crippen LogP contribution in [-0.4, -0.2) is 14.2 Å². The molecule has 0 saturated heterocycles. The van der Waals surface area contributed by atoms with E-state index in [2.05, 4.69) is 6.07 Å². The van der Waals surface area contributed by atoms with E-state index in [1.54, 1.807) is 31.4 Å². The van der Waals surface area contributed by atoms with Gasteiger partial charge in [0.15, 0.2) is 0 Å². The minimum absolute atomic E-state index is 0.283. The molecule has 0 N–H and O–H groups in total. The van der Waals surface area contributed by atoms with Crippen LogP contribution in [0.25, 0.3) is 0 Å². The first-order chi connectivity index (χ1) is 9.80. The van der Waals surface area contributed by atoms with Crippen molar-refractivity contribution in [2.24, 2.45) is 0 Å². The van der Waals surface area contributed by atoms with E-state index in [0.29, 0.717) is 17.9 Å². The largest absolute Gasteiger partial charge is 0.494 e. The minimum atomic E-state index is -0.283. The van der Waals surface area contributed by atoms with E-state index in [4.69, 9.17) is 19.3 Å². The third-order valence-corrected chi connectivity index (χ3v) is 3.19. The molecule has 0 unspecified atom stereocenters. The van der Waals surface area contributed by atoms with Crippen LogP contribution in [0.4, 0.5) is 0 Å². The van der Waals surface area contributed by atoms with Crippen LogP contribution in [-0.2, 0) is 15.9 Å². The molecule has 1 aliphatic rings. The summed E-state index contributed by atoms with van der Waals surface area (Å²) in [5, 5.41) is 8.76. The standard InChI is InChI=1S/C15H12BNO3/c1-18-16-15-7-6-14(8-12(15)10-19-16)20-13-4-2-11(9-17)3-5-13/h2-8H,10H2,1H3. The van der Waals surface area contributed by atoms with Gasteiger partial charge in [0.1, 0.15) is 11.5 Å². The molecular weight excluding hydrogens is 253 g/mol. The molecule has 0 radical (unpaired) electrons. The fourth-order valence-electron chi connectivity index (χ4n) is 2.18. The summed E-state index contributed by atoms with van der Waals surface area (Å²) in [6.07, 6.45) is 0. The summed E-state index contributed by atoms with van der Waals surface area (Å²) in [4.78, 5) is 0. The zero-order chi connectivity index (χ0) is 13.9. The van der Waals surface area contributed by atoms with Gasteiger partial charge in [-0.25, -0.2) is 0 Å². The number of fused-ring (bicyclic) bond motifs is 1. The van der Waals surface area contributed by atoms with Gasteiger partial charge in [-0.2, -0.15) is 5.26 Å². The number of hydrogen-bond donors (Lipinski definition) is 0. The maximum atomic E-state index is 8.76. The lowest BCUT2D eigenvalue weighted by Crippen LogP contribution is -2.30. The van der Waals surface area contributed by atoms with Gasteiger partial charge in [-0.15, -0.1) is 0 Å². The normalized spacial score (nSPS) is 12.9. The number of benzene rings is 2. The van der Waals surface area contributed by atoms with Crippen molar-refractivity contribution in [1.29, 1.82) is 5.26 Å². The van der Waals surface area contributed by atoms with Crippen LogP contribution in [0.2, 0.25) is 0 Å². The molecule has 0 fully saturated rings. The summed E-state index contributed by atoms with van der Waals surface area (Å²) >= 11 is 0. The van der Waals surface area contributed by atoms with Gasteiger partial charge in [0, 0.05) is 7.11 Å². The Morgan fingerprint density at radius 2 is 1.90 bits per heavy atom. The van der Waals surface area contributed by atoms with Crippen molar-refractivity contribution >= 4 is 12.6 Å². The van der Waals surface area contributed by atoms with Gasteiger partial charge in [-0.1, -0.05) is 6.07 Å². The van der Waals surface area contributed by atoms with Gasteiger partial charge in [0.25, 0.3) is 0 Å². The van der Waals surface area contributed by atoms with Crippen molar-refractivity contribution in [3.8, 4) is 17.6 Å². The third-order valence-electron chi connectivity index (χ3n) is 3.19. The molecule has 2 aromatic rings. The van der Waals surface area contributed by atoms with E-state index in [1.807, 2.05) is 18.2 Å². The zero-order valence-corrected chi connectivity index (χ0v) is 11.0. The molecule has 20 heavy (non-hydrogen) atoms. The fraction of sp³-hybridized carbons (Fsp3) is 0.133. The monoisotopic (exact) mass is 265 g/mol. The van der Waals surface area contributed by atoms with Crippen LogP contribution < -0.4 is 10.2 Å². The number of nitriles is 1. The Bertz CT molecular complexity index is 664. The highest BCUT2D eigenvalue weighted by Gasteiger charge is 2.29. The van der Waals surface area contributed by atoms with Crippen molar-refractivity contribution < 1.29 is 14.0 Å². The molecule has 1 heterocycles. The number of nitrogens with zero attached hydrogens (tertiary/aromatic N) is 1. The highest BCUT2D eigenvalue weighted by molar-refractivity contribution is 6.62. The molecule has 0 amide bonds. The van der Waals surface area contributed by atoms with Crippen LogP contribution >= 0.6 is 0 Å². The molecule has 0 bridgehead atoms. The molecule has 0 atom stereocenters. The predicted octanol–water partition coefficient (Wildman–Crippen LogP) is 2.22. The Balaban J connectivity index is 1.80. The van der Waals surface area contributed by atoms with E-state index in [9.17, 15) is 0 Å². The highest BCUT2D eigenvalue weighted by atomic mass is 16.6. The van der Waals surface area contributed by atoms with Gasteiger partial charge in [-0.3, -0.25) is 0 Å². The lowest BCUT2D eigenvalue weighted by atomic mass is 9.79. The van der Waals surface area contributed by atoms with Crippen LogP contribution in [0.3, 0.4) is 0 Å². The molecule has 5 heteroatoms. The Kier molecular flexibility index (Phi) is 3.42. The van der Waals surface area contributed by atoms with E-state index < -0.39 is 0 Å². The Morgan fingerprint density at radius 3 is 2.60 bits per heavy atom. The molecular formula is C15H12BNO3. The molecule has 0 aromatic heterocycles. The lowest BCUT2D eigenvalue weighted by Gasteiger charge is -2.07. The zero-order valence-electron chi connectivity index (χ0n) is 11.0. The van der Waals surface area contributed by atoms with Gasteiger partial charge >= 0.3 is 7.12 Å². The first-order valence-electron chi connectivity index (χ1n) is 6.25. The van der Waals surface area contributed by atoms with Gasteiger partial charge in [0.05, 0.1) is 18.2 Å². The maximum Gasteiger partial charge on any atom is 0.494 e. The summed E-state index contributed by atoms with van der Waals surface area (Å²) in [5.74, 6) is 1.44. The van der Waals surface area contributed by atoms with Crippen LogP contribution in [0.15, 0.2) is 42.5 Å². The highest BCUT2D eigenvalue weighted by Crippen LogP contribution is 2.24. The van der Waals surface area contributed by atoms with Crippen molar-refractivity contribution in [2.75, 3.05) is 7.11 Å². The van der Waals surface area contributed by atoms with Crippen molar-refractivity contribution in [1.82, 2.24) is 0 Å². The molecule has 2 aromatic carbocycles. The first-order valence-corrected chi connectivity index (χ1v) is 6.25. The SMILES string of the molecule is COB1OCc2cc(Oc3ccc(C#N)cc3)ccc21. The molecule has 0 aliphatic carbocycles. The maximum absolute atomic E-state index is 8.76. The second kappa shape index (κ2) is 5.37. The molecule has 0 spiro atoms. The van der Waals surface area contributed by atoms with Crippen molar-refractivity contribution in [2.45, 2.75) is 6.61 Å². The minimum Gasteiger partial charge on any atom is -0.457 e. The summed E-state index contributed by atoms with van der Waals surface area (Å²) < 4.78 is 16.5. The van der Waals surface area contributed by atoms with E-state index in [1.165, 1.54) is 0 Å². The van der Waals surface area contributed by atoms with Gasteiger partial charge < -0.3 is 14.0 Å². The lowest BCUT2D eigenvalue weighted by molar-refractivity contribution is 0.245. The first kappa shape index (κ1) is 12.7. The number of ether oxygens (including phenoxy) is 1. The summed E-state index contributed by atoms with van der Waals surface area (Å²) in [7, 11) is 1.34. The molecule has 0 saturated carbocycles. The molecule has 98 valence electrons. The second-order valence-electron chi connectivity index (χ2n) is 4.48. The molecule has 4 nitrogen and oxygen atoms in total. The topological polar surface area (TPSA) is 51.5 Å².